The van der Waals surface area contributed by atoms with Gasteiger partial charge in [-0.2, -0.15) is 0 Å². The number of furan rings is 1. The number of fused-ring (bicyclic) bond motifs is 1. The third-order valence-corrected chi connectivity index (χ3v) is 3.93. The number of methoxy groups -OCH3 is 1. The number of H-pyrrole nitrogens is 1. The highest BCUT2D eigenvalue weighted by molar-refractivity contribution is 6.05. The molecule has 0 spiro atoms. The second kappa shape index (κ2) is 6.23. The van der Waals surface area contributed by atoms with Crippen molar-refractivity contribution >= 4 is 22.8 Å². The molecule has 6 heteroatoms. The number of hydrogen-bond donors (Lipinski definition) is 1. The number of esters is 1. The molecule has 124 valence electrons. The zero-order valence-electron chi connectivity index (χ0n) is 13.8. The molecule has 0 saturated carbocycles. The molecule has 6 nitrogen and oxygen atoms in total. The van der Waals surface area contributed by atoms with Crippen molar-refractivity contribution in [3.05, 3.63) is 59.2 Å². The van der Waals surface area contributed by atoms with Crippen molar-refractivity contribution in [3.63, 3.8) is 0 Å². The summed E-state index contributed by atoms with van der Waals surface area (Å²) < 4.78 is 10.3. The van der Waals surface area contributed by atoms with Crippen LogP contribution in [0.15, 0.2) is 40.9 Å². The zero-order chi connectivity index (χ0) is 17.3. The fraction of sp³-hybridized carbons (Fsp3) is 0.222. The van der Waals surface area contributed by atoms with Crippen LogP contribution in [0.4, 0.5) is 0 Å². The fourth-order valence-corrected chi connectivity index (χ4v) is 2.71. The minimum absolute atomic E-state index is 0.128. The summed E-state index contributed by atoms with van der Waals surface area (Å²) in [6.07, 6.45) is 1.81. The first kappa shape index (κ1) is 15.9. The number of carbonyl (C=O) groups excluding carboxylic acids is 2. The molecular formula is C18H18N2O4. The number of carbonyl (C=O) groups is 2. The Morgan fingerprint density at radius 2 is 2.04 bits per heavy atom. The van der Waals surface area contributed by atoms with Crippen LogP contribution >= 0.6 is 0 Å². The first-order valence-corrected chi connectivity index (χ1v) is 7.50. The molecule has 0 aliphatic carbocycles. The van der Waals surface area contributed by atoms with Gasteiger partial charge in [0.05, 0.1) is 24.7 Å². The maximum absolute atomic E-state index is 12.7. The van der Waals surface area contributed by atoms with Gasteiger partial charge in [-0.05, 0) is 25.1 Å². The Labute approximate surface area is 139 Å². The molecule has 24 heavy (non-hydrogen) atoms. The highest BCUT2D eigenvalue weighted by Gasteiger charge is 2.20. The third-order valence-electron chi connectivity index (χ3n) is 3.93. The van der Waals surface area contributed by atoms with Gasteiger partial charge in [-0.1, -0.05) is 12.1 Å². The van der Waals surface area contributed by atoms with Crippen LogP contribution in [0.25, 0.3) is 10.9 Å². The van der Waals surface area contributed by atoms with Gasteiger partial charge in [0, 0.05) is 18.6 Å². The van der Waals surface area contributed by atoms with Crippen LogP contribution in [0.1, 0.15) is 32.2 Å². The number of benzene rings is 1. The lowest BCUT2D eigenvalue weighted by Crippen LogP contribution is -2.26. The Hall–Kier alpha value is -3.02. The van der Waals surface area contributed by atoms with Gasteiger partial charge >= 0.3 is 5.97 Å². The SMILES string of the molecule is COC(=O)c1cc(CN(C)C(=O)c2cccc3cc[nH]c23)oc1C. The number of hydrogen-bond acceptors (Lipinski definition) is 4. The van der Waals surface area contributed by atoms with E-state index in [9.17, 15) is 9.59 Å². The van der Waals surface area contributed by atoms with Crippen molar-refractivity contribution in [2.75, 3.05) is 14.2 Å². The number of ether oxygens (including phenoxy) is 1. The van der Waals surface area contributed by atoms with Crippen LogP contribution in [0.2, 0.25) is 0 Å². The van der Waals surface area contributed by atoms with Crippen molar-refractivity contribution in [1.29, 1.82) is 0 Å². The monoisotopic (exact) mass is 326 g/mol. The number of aryl methyl sites for hydroxylation is 1. The number of aromatic amines is 1. The number of nitrogens with zero attached hydrogens (tertiary/aromatic N) is 1. The van der Waals surface area contributed by atoms with Crippen molar-refractivity contribution in [2.24, 2.45) is 0 Å². The molecule has 2 heterocycles. The highest BCUT2D eigenvalue weighted by atomic mass is 16.5. The van der Waals surface area contributed by atoms with Gasteiger partial charge in [-0.25, -0.2) is 4.79 Å². The molecule has 1 aromatic carbocycles. The Kier molecular flexibility index (Phi) is 4.12. The first-order valence-electron chi connectivity index (χ1n) is 7.50. The molecule has 0 bridgehead atoms. The van der Waals surface area contributed by atoms with E-state index in [0.29, 0.717) is 22.6 Å². The molecule has 0 aliphatic heterocycles. The fourth-order valence-electron chi connectivity index (χ4n) is 2.71. The summed E-state index contributed by atoms with van der Waals surface area (Å²) in [7, 11) is 3.01. The van der Waals surface area contributed by atoms with Crippen LogP contribution in [0.3, 0.4) is 0 Å². The van der Waals surface area contributed by atoms with E-state index in [1.807, 2.05) is 18.2 Å². The topological polar surface area (TPSA) is 75.5 Å². The van der Waals surface area contributed by atoms with E-state index in [1.165, 1.54) is 7.11 Å². The predicted octanol–water partition coefficient (Wildman–Crippen LogP) is 3.13. The quantitative estimate of drug-likeness (QED) is 0.747. The van der Waals surface area contributed by atoms with E-state index in [1.54, 1.807) is 37.2 Å². The molecule has 0 radical (unpaired) electrons. The molecule has 0 atom stereocenters. The Bertz CT molecular complexity index is 907. The lowest BCUT2D eigenvalue weighted by molar-refractivity contribution is 0.0598. The molecule has 3 rings (SSSR count). The molecule has 2 aromatic heterocycles. The summed E-state index contributed by atoms with van der Waals surface area (Å²) in [6, 6.07) is 9.11. The Morgan fingerprint density at radius 1 is 1.25 bits per heavy atom. The summed E-state index contributed by atoms with van der Waals surface area (Å²) in [5, 5.41) is 0.982. The van der Waals surface area contributed by atoms with E-state index in [4.69, 9.17) is 9.15 Å². The Balaban J connectivity index is 1.82. The average molecular weight is 326 g/mol. The van der Waals surface area contributed by atoms with Crippen molar-refractivity contribution < 1.29 is 18.7 Å². The summed E-state index contributed by atoms with van der Waals surface area (Å²) in [6.45, 7) is 1.95. The number of para-hydroxylation sites is 1. The number of nitrogens with one attached hydrogen (secondary N) is 1. The summed E-state index contributed by atoms with van der Waals surface area (Å²) >= 11 is 0. The molecular weight excluding hydrogens is 308 g/mol. The van der Waals surface area contributed by atoms with Gasteiger partial charge in [-0.3, -0.25) is 4.79 Å². The number of aromatic nitrogens is 1. The minimum Gasteiger partial charge on any atom is -0.465 e. The van der Waals surface area contributed by atoms with Crippen molar-refractivity contribution in [3.8, 4) is 0 Å². The van der Waals surface area contributed by atoms with E-state index in [-0.39, 0.29) is 12.5 Å². The molecule has 0 fully saturated rings. The van der Waals surface area contributed by atoms with Crippen LogP contribution in [-0.4, -0.2) is 35.9 Å². The van der Waals surface area contributed by atoms with Gasteiger partial charge < -0.3 is 19.0 Å². The van der Waals surface area contributed by atoms with E-state index in [2.05, 4.69) is 4.98 Å². The second-order valence-corrected chi connectivity index (χ2v) is 5.58. The number of rotatable bonds is 4. The summed E-state index contributed by atoms with van der Waals surface area (Å²) in [5.74, 6) is 0.427. The van der Waals surface area contributed by atoms with Gasteiger partial charge in [-0.15, -0.1) is 0 Å². The van der Waals surface area contributed by atoms with Gasteiger partial charge in [0.25, 0.3) is 5.91 Å². The summed E-state index contributed by atoms with van der Waals surface area (Å²) in [4.78, 5) is 29.0. The van der Waals surface area contributed by atoms with E-state index < -0.39 is 5.97 Å². The third kappa shape index (κ3) is 2.78. The molecule has 1 amide bonds. The maximum Gasteiger partial charge on any atom is 0.341 e. The van der Waals surface area contributed by atoms with Gasteiger partial charge in [0.1, 0.15) is 17.1 Å². The number of amides is 1. The van der Waals surface area contributed by atoms with Crippen LogP contribution in [-0.2, 0) is 11.3 Å². The van der Waals surface area contributed by atoms with Crippen LogP contribution < -0.4 is 0 Å². The smallest absolute Gasteiger partial charge is 0.341 e. The molecule has 0 unspecified atom stereocenters. The van der Waals surface area contributed by atoms with Gasteiger partial charge in [0.15, 0.2) is 0 Å². The lowest BCUT2D eigenvalue weighted by Gasteiger charge is -2.16. The zero-order valence-corrected chi connectivity index (χ0v) is 13.8. The molecule has 0 saturated heterocycles. The Morgan fingerprint density at radius 3 is 2.79 bits per heavy atom. The van der Waals surface area contributed by atoms with Gasteiger partial charge in [0.2, 0.25) is 0 Å². The lowest BCUT2D eigenvalue weighted by atomic mass is 10.1. The first-order chi connectivity index (χ1) is 11.5. The molecule has 0 aliphatic rings. The van der Waals surface area contributed by atoms with Crippen LogP contribution in [0, 0.1) is 6.92 Å². The average Bonchev–Trinajstić information content (AvgIpc) is 3.19. The normalized spacial score (nSPS) is 10.8. The molecule has 1 N–H and O–H groups in total. The van der Waals surface area contributed by atoms with Crippen LogP contribution in [0.5, 0.6) is 0 Å². The summed E-state index contributed by atoms with van der Waals surface area (Å²) in [5.41, 5.74) is 1.77. The highest BCUT2D eigenvalue weighted by Crippen LogP contribution is 2.21. The standard InChI is InChI=1S/C18H18N2O4/c1-11-15(18(22)23-3)9-13(24-11)10-20(2)17(21)14-6-4-5-12-7-8-19-16(12)14/h4-9,19H,10H2,1-3H3. The van der Waals surface area contributed by atoms with E-state index >= 15 is 0 Å². The minimum atomic E-state index is -0.451. The molecule has 3 aromatic rings. The maximum atomic E-state index is 12.7. The van der Waals surface area contributed by atoms with E-state index in [0.717, 1.165) is 10.9 Å². The largest absolute Gasteiger partial charge is 0.465 e. The van der Waals surface area contributed by atoms with Crippen molar-refractivity contribution in [2.45, 2.75) is 13.5 Å². The predicted molar refractivity (Wildman–Crippen MR) is 88.9 cm³/mol. The van der Waals surface area contributed by atoms with Crippen molar-refractivity contribution in [1.82, 2.24) is 9.88 Å². The second-order valence-electron chi connectivity index (χ2n) is 5.58.